The van der Waals surface area contributed by atoms with E-state index >= 15 is 0 Å². The number of rotatable bonds is 3. The minimum atomic E-state index is -3.42. The molecule has 0 aliphatic carbocycles. The molecule has 1 heterocycles. The van der Waals surface area contributed by atoms with Gasteiger partial charge in [0, 0.05) is 0 Å². The summed E-state index contributed by atoms with van der Waals surface area (Å²) in [6.07, 6.45) is 1.92. The quantitative estimate of drug-likeness (QED) is 0.873. The smallest absolute Gasteiger partial charge is 0.187 e. The van der Waals surface area contributed by atoms with Crippen LogP contribution >= 0.6 is 0 Å². The molecule has 0 radical (unpaired) electrons. The molecule has 0 amide bonds. The van der Waals surface area contributed by atoms with Crippen LogP contribution in [-0.2, 0) is 14.6 Å². The van der Waals surface area contributed by atoms with Gasteiger partial charge >= 0.3 is 0 Å². The van der Waals surface area contributed by atoms with E-state index in [9.17, 15) is 8.42 Å². The third-order valence-electron chi connectivity index (χ3n) is 3.83. The Labute approximate surface area is 131 Å². The molecule has 1 aliphatic rings. The molecule has 0 aromatic heterocycles. The van der Waals surface area contributed by atoms with Gasteiger partial charge in [0.2, 0.25) is 0 Å². The minimum Gasteiger partial charge on any atom is -0.375 e. The van der Waals surface area contributed by atoms with Crippen LogP contribution < -0.4 is 0 Å². The fourth-order valence-electron chi connectivity index (χ4n) is 2.56. The van der Waals surface area contributed by atoms with E-state index in [0.717, 1.165) is 16.7 Å². The monoisotopic (exact) mass is 314 g/mol. The third kappa shape index (κ3) is 2.98. The van der Waals surface area contributed by atoms with Crippen molar-refractivity contribution >= 4 is 15.9 Å². The summed E-state index contributed by atoms with van der Waals surface area (Å²) in [4.78, 5) is 0.354. The van der Waals surface area contributed by atoms with E-state index in [1.54, 1.807) is 12.1 Å². The molecule has 0 bridgehead atoms. The SMILES string of the molecule is Cc1ccc(S(=O)(=O)C2COCC2=Cc2ccccc2)cc1. The second-order valence-corrected chi connectivity index (χ2v) is 7.62. The Morgan fingerprint density at radius 2 is 1.73 bits per heavy atom. The molecule has 1 fully saturated rings. The highest BCUT2D eigenvalue weighted by Gasteiger charge is 2.35. The molecule has 4 heteroatoms. The highest BCUT2D eigenvalue weighted by molar-refractivity contribution is 7.92. The molecular weight excluding hydrogens is 296 g/mol. The maximum absolute atomic E-state index is 12.8. The molecule has 3 nitrogen and oxygen atoms in total. The van der Waals surface area contributed by atoms with Gasteiger partial charge in [-0.1, -0.05) is 54.1 Å². The lowest BCUT2D eigenvalue weighted by molar-refractivity contribution is 0.205. The lowest BCUT2D eigenvalue weighted by atomic mass is 10.1. The summed E-state index contributed by atoms with van der Waals surface area (Å²) in [6.45, 7) is 2.52. The van der Waals surface area contributed by atoms with Crippen molar-refractivity contribution in [2.45, 2.75) is 17.1 Å². The average Bonchev–Trinajstić information content (AvgIpc) is 2.98. The number of hydrogen-bond acceptors (Lipinski definition) is 3. The fourth-order valence-corrected chi connectivity index (χ4v) is 4.22. The first-order valence-corrected chi connectivity index (χ1v) is 8.76. The minimum absolute atomic E-state index is 0.217. The van der Waals surface area contributed by atoms with Crippen LogP contribution in [0.3, 0.4) is 0 Å². The second kappa shape index (κ2) is 6.07. The summed E-state index contributed by atoms with van der Waals surface area (Å²) >= 11 is 0. The summed E-state index contributed by atoms with van der Waals surface area (Å²) in [5, 5.41) is -0.601. The standard InChI is InChI=1S/C18H18O3S/c1-14-7-9-17(10-8-14)22(19,20)18-13-21-12-16(18)11-15-5-3-2-4-6-15/h2-11,18H,12-13H2,1H3. The molecule has 3 rings (SSSR count). The molecule has 114 valence electrons. The Bertz CT molecular complexity index is 775. The summed E-state index contributed by atoms with van der Waals surface area (Å²) < 4.78 is 31.1. The number of aryl methyl sites for hydroxylation is 1. The second-order valence-electron chi connectivity index (χ2n) is 5.49. The van der Waals surface area contributed by atoms with Gasteiger partial charge in [-0.2, -0.15) is 0 Å². The van der Waals surface area contributed by atoms with Gasteiger partial charge in [-0.05, 0) is 30.2 Å². The molecule has 1 saturated heterocycles. The first-order valence-electron chi connectivity index (χ1n) is 7.21. The molecule has 0 saturated carbocycles. The van der Waals surface area contributed by atoms with E-state index in [2.05, 4.69) is 0 Å². The van der Waals surface area contributed by atoms with Crippen molar-refractivity contribution in [3.8, 4) is 0 Å². The number of ether oxygens (including phenoxy) is 1. The molecule has 1 unspecified atom stereocenters. The van der Waals surface area contributed by atoms with Crippen molar-refractivity contribution in [1.29, 1.82) is 0 Å². The molecule has 1 aliphatic heterocycles. The third-order valence-corrected chi connectivity index (χ3v) is 5.94. The first kappa shape index (κ1) is 15.0. The van der Waals surface area contributed by atoms with Gasteiger partial charge in [-0.25, -0.2) is 8.42 Å². The van der Waals surface area contributed by atoms with Crippen LogP contribution in [0.2, 0.25) is 0 Å². The first-order chi connectivity index (χ1) is 10.6. The largest absolute Gasteiger partial charge is 0.375 e. The van der Waals surface area contributed by atoms with E-state index in [4.69, 9.17) is 4.74 Å². The Morgan fingerprint density at radius 3 is 2.41 bits per heavy atom. The Balaban J connectivity index is 1.96. The molecule has 22 heavy (non-hydrogen) atoms. The van der Waals surface area contributed by atoms with E-state index in [0.29, 0.717) is 11.5 Å². The van der Waals surface area contributed by atoms with Crippen LogP contribution in [0.15, 0.2) is 65.1 Å². The summed E-state index contributed by atoms with van der Waals surface area (Å²) in [5.41, 5.74) is 2.85. The highest BCUT2D eigenvalue weighted by atomic mass is 32.2. The van der Waals surface area contributed by atoms with Gasteiger partial charge in [-0.3, -0.25) is 0 Å². The highest BCUT2D eigenvalue weighted by Crippen LogP contribution is 2.28. The topological polar surface area (TPSA) is 43.4 Å². The molecule has 2 aromatic carbocycles. The van der Waals surface area contributed by atoms with Crippen molar-refractivity contribution in [2.75, 3.05) is 13.2 Å². The number of benzene rings is 2. The van der Waals surface area contributed by atoms with Crippen LogP contribution in [0.5, 0.6) is 0 Å². The lowest BCUT2D eigenvalue weighted by Crippen LogP contribution is -2.23. The summed E-state index contributed by atoms with van der Waals surface area (Å²) in [5.74, 6) is 0. The van der Waals surface area contributed by atoms with Crippen LogP contribution in [0, 0.1) is 6.92 Å². The molecule has 0 spiro atoms. The summed E-state index contributed by atoms with van der Waals surface area (Å²) in [6, 6.07) is 16.7. The number of hydrogen-bond donors (Lipinski definition) is 0. The van der Waals surface area contributed by atoms with E-state index in [1.807, 2.05) is 55.5 Å². The number of sulfone groups is 1. The normalized spacial score (nSPS) is 20.4. The zero-order valence-corrected chi connectivity index (χ0v) is 13.2. The average molecular weight is 314 g/mol. The fraction of sp³-hybridized carbons (Fsp3) is 0.222. The van der Waals surface area contributed by atoms with Gasteiger partial charge < -0.3 is 4.74 Å². The lowest BCUT2D eigenvalue weighted by Gasteiger charge is -2.12. The maximum Gasteiger partial charge on any atom is 0.187 e. The van der Waals surface area contributed by atoms with Crippen LogP contribution in [-0.4, -0.2) is 26.9 Å². The van der Waals surface area contributed by atoms with Crippen LogP contribution in [0.4, 0.5) is 0 Å². The van der Waals surface area contributed by atoms with Crippen molar-refractivity contribution in [3.05, 3.63) is 71.3 Å². The van der Waals surface area contributed by atoms with Crippen LogP contribution in [0.25, 0.3) is 6.08 Å². The maximum atomic E-state index is 12.8. The zero-order valence-electron chi connectivity index (χ0n) is 12.4. The molecular formula is C18H18O3S. The Kier molecular flexibility index (Phi) is 4.14. The van der Waals surface area contributed by atoms with E-state index in [1.165, 1.54) is 0 Å². The van der Waals surface area contributed by atoms with Gasteiger partial charge in [0.25, 0.3) is 0 Å². The summed E-state index contributed by atoms with van der Waals surface area (Å²) in [7, 11) is -3.42. The van der Waals surface area contributed by atoms with Crippen LogP contribution in [0.1, 0.15) is 11.1 Å². The molecule has 2 aromatic rings. The predicted octanol–water partition coefficient (Wildman–Crippen LogP) is 3.25. The van der Waals surface area contributed by atoms with Crippen molar-refractivity contribution < 1.29 is 13.2 Å². The van der Waals surface area contributed by atoms with E-state index < -0.39 is 15.1 Å². The zero-order chi connectivity index (χ0) is 15.6. The van der Waals surface area contributed by atoms with Crippen molar-refractivity contribution in [1.82, 2.24) is 0 Å². The molecule has 0 N–H and O–H groups in total. The predicted molar refractivity (Wildman–Crippen MR) is 87.4 cm³/mol. The Hall–Kier alpha value is -1.91. The van der Waals surface area contributed by atoms with E-state index in [-0.39, 0.29) is 6.61 Å². The molecule has 1 atom stereocenters. The van der Waals surface area contributed by atoms with Crippen molar-refractivity contribution in [3.63, 3.8) is 0 Å². The van der Waals surface area contributed by atoms with Gasteiger partial charge in [0.05, 0.1) is 18.1 Å². The Morgan fingerprint density at radius 1 is 1.05 bits per heavy atom. The van der Waals surface area contributed by atoms with Gasteiger partial charge in [0.1, 0.15) is 5.25 Å². The van der Waals surface area contributed by atoms with Crippen molar-refractivity contribution in [2.24, 2.45) is 0 Å². The van der Waals surface area contributed by atoms with Gasteiger partial charge in [-0.15, -0.1) is 0 Å². The van der Waals surface area contributed by atoms with Gasteiger partial charge in [0.15, 0.2) is 9.84 Å².